The van der Waals surface area contributed by atoms with Gasteiger partial charge in [0.05, 0.1) is 6.10 Å². The van der Waals surface area contributed by atoms with Gasteiger partial charge in [-0.1, -0.05) is 0 Å². The molecule has 0 aromatic rings. The van der Waals surface area contributed by atoms with Gasteiger partial charge in [-0.2, -0.15) is 0 Å². The second-order valence-corrected chi connectivity index (χ2v) is 4.94. The number of hydrogen-bond donors (Lipinski definition) is 2. The Morgan fingerprint density at radius 1 is 1.27 bits per heavy atom. The molecule has 2 N–H and O–H groups in total. The minimum Gasteiger partial charge on any atom is -0.390 e. The minimum atomic E-state index is -0.200. The number of aliphatic hydroxyl groups is 1. The Kier molecular flexibility index (Phi) is 3.97. The number of rotatable bonds is 5. The van der Waals surface area contributed by atoms with Crippen LogP contribution < -0.4 is 5.32 Å². The van der Waals surface area contributed by atoms with E-state index in [0.29, 0.717) is 6.04 Å². The fourth-order valence-corrected chi connectivity index (χ4v) is 1.98. The van der Waals surface area contributed by atoms with Crippen LogP contribution in [0.5, 0.6) is 0 Å². The van der Waals surface area contributed by atoms with E-state index < -0.39 is 0 Å². The number of hydrogen-bond acceptors (Lipinski definition) is 4. The summed E-state index contributed by atoms with van der Waals surface area (Å²) in [5.41, 5.74) is 0. The quantitative estimate of drug-likeness (QED) is 0.636. The van der Waals surface area contributed by atoms with Crippen molar-refractivity contribution in [3.63, 3.8) is 0 Å². The van der Waals surface area contributed by atoms with Gasteiger partial charge in [0.15, 0.2) is 0 Å². The van der Waals surface area contributed by atoms with Crippen LogP contribution in [0.25, 0.3) is 0 Å². The maximum absolute atomic E-state index is 9.83. The van der Waals surface area contributed by atoms with Crippen molar-refractivity contribution in [1.29, 1.82) is 0 Å². The van der Waals surface area contributed by atoms with Crippen molar-refractivity contribution in [2.75, 3.05) is 46.3 Å². The van der Waals surface area contributed by atoms with Crippen molar-refractivity contribution >= 4 is 0 Å². The normalized spacial score (nSPS) is 26.8. The molecule has 1 atom stereocenters. The summed E-state index contributed by atoms with van der Waals surface area (Å²) in [5.74, 6) is 0. The fraction of sp³-hybridized carbons (Fsp3) is 1.00. The standard InChI is InChI=1S/C11H23N3O/c1-13-4-6-14(7-5-13)9-11(15)8-12-10-2-3-10/h10-12,15H,2-9H2,1H3. The van der Waals surface area contributed by atoms with Crippen LogP contribution in [0.2, 0.25) is 0 Å². The highest BCUT2D eigenvalue weighted by Crippen LogP contribution is 2.18. The summed E-state index contributed by atoms with van der Waals surface area (Å²) in [4.78, 5) is 4.70. The number of piperazine rings is 1. The molecule has 4 nitrogen and oxygen atoms in total. The van der Waals surface area contributed by atoms with E-state index in [2.05, 4.69) is 22.2 Å². The van der Waals surface area contributed by atoms with Crippen molar-refractivity contribution < 1.29 is 5.11 Å². The second kappa shape index (κ2) is 5.25. The van der Waals surface area contributed by atoms with Gasteiger partial charge in [-0.3, -0.25) is 4.90 Å². The largest absolute Gasteiger partial charge is 0.390 e. The summed E-state index contributed by atoms with van der Waals surface area (Å²) < 4.78 is 0. The maximum Gasteiger partial charge on any atom is 0.0791 e. The zero-order valence-electron chi connectivity index (χ0n) is 9.65. The Hall–Kier alpha value is -0.160. The lowest BCUT2D eigenvalue weighted by molar-refractivity contribution is 0.0800. The molecule has 2 rings (SSSR count). The highest BCUT2D eigenvalue weighted by molar-refractivity contribution is 4.82. The molecule has 0 aromatic carbocycles. The SMILES string of the molecule is CN1CCN(CC(O)CNC2CC2)CC1. The lowest BCUT2D eigenvalue weighted by Gasteiger charge is -2.33. The molecule has 1 saturated heterocycles. The lowest BCUT2D eigenvalue weighted by atomic mass is 10.2. The van der Waals surface area contributed by atoms with E-state index in [9.17, 15) is 5.11 Å². The van der Waals surface area contributed by atoms with E-state index in [1.807, 2.05) is 0 Å². The first-order valence-corrected chi connectivity index (χ1v) is 6.06. The molecule has 1 heterocycles. The van der Waals surface area contributed by atoms with Gasteiger partial charge in [0.1, 0.15) is 0 Å². The number of nitrogens with zero attached hydrogens (tertiary/aromatic N) is 2. The van der Waals surface area contributed by atoms with Crippen molar-refractivity contribution in [2.45, 2.75) is 25.0 Å². The molecule has 2 aliphatic rings. The molecule has 15 heavy (non-hydrogen) atoms. The number of nitrogens with one attached hydrogen (secondary N) is 1. The summed E-state index contributed by atoms with van der Waals surface area (Å²) in [7, 11) is 2.16. The molecule has 1 aliphatic heterocycles. The third kappa shape index (κ3) is 4.07. The average Bonchev–Trinajstić information content (AvgIpc) is 3.02. The zero-order valence-corrected chi connectivity index (χ0v) is 9.65. The van der Waals surface area contributed by atoms with E-state index in [0.717, 1.165) is 39.3 Å². The van der Waals surface area contributed by atoms with Gasteiger partial charge in [-0.05, 0) is 19.9 Å². The first kappa shape index (κ1) is 11.3. The molecule has 1 unspecified atom stereocenters. The van der Waals surface area contributed by atoms with Crippen LogP contribution in [0, 0.1) is 0 Å². The Balaban J connectivity index is 1.58. The summed E-state index contributed by atoms with van der Waals surface area (Å²) in [5, 5.41) is 13.2. The van der Waals surface area contributed by atoms with Crippen molar-refractivity contribution in [1.82, 2.24) is 15.1 Å². The fourth-order valence-electron chi connectivity index (χ4n) is 1.98. The van der Waals surface area contributed by atoms with Crippen LogP contribution in [-0.4, -0.2) is 73.4 Å². The van der Waals surface area contributed by atoms with Gasteiger partial charge >= 0.3 is 0 Å². The molecule has 0 amide bonds. The topological polar surface area (TPSA) is 38.7 Å². The monoisotopic (exact) mass is 213 g/mol. The molecule has 1 aliphatic carbocycles. The summed E-state index contributed by atoms with van der Waals surface area (Å²) in [6.45, 7) is 6.03. The van der Waals surface area contributed by atoms with Crippen LogP contribution in [0.3, 0.4) is 0 Å². The summed E-state index contributed by atoms with van der Waals surface area (Å²) >= 11 is 0. The van der Waals surface area contributed by atoms with Crippen LogP contribution >= 0.6 is 0 Å². The average molecular weight is 213 g/mol. The van der Waals surface area contributed by atoms with Crippen molar-refractivity contribution in [2.24, 2.45) is 0 Å². The molecule has 2 fully saturated rings. The lowest BCUT2D eigenvalue weighted by Crippen LogP contribution is -2.48. The third-order valence-electron chi connectivity index (χ3n) is 3.28. The van der Waals surface area contributed by atoms with Crippen LogP contribution in [0.1, 0.15) is 12.8 Å². The molecule has 4 heteroatoms. The van der Waals surface area contributed by atoms with Crippen LogP contribution in [0.15, 0.2) is 0 Å². The van der Waals surface area contributed by atoms with Crippen molar-refractivity contribution in [3.8, 4) is 0 Å². The molecule has 0 bridgehead atoms. The van der Waals surface area contributed by atoms with Gasteiger partial charge in [0.25, 0.3) is 0 Å². The highest BCUT2D eigenvalue weighted by atomic mass is 16.3. The van der Waals surface area contributed by atoms with Crippen molar-refractivity contribution in [3.05, 3.63) is 0 Å². The maximum atomic E-state index is 9.83. The van der Waals surface area contributed by atoms with Gasteiger partial charge in [0, 0.05) is 45.3 Å². The summed E-state index contributed by atoms with van der Waals surface area (Å²) in [6.07, 6.45) is 2.39. The first-order valence-electron chi connectivity index (χ1n) is 6.06. The number of β-amino-alcohol motifs (C(OH)–C–C–N with tert-alkyl or cyclic N) is 1. The van der Waals surface area contributed by atoms with Gasteiger partial charge < -0.3 is 15.3 Å². The predicted molar refractivity (Wildman–Crippen MR) is 61.0 cm³/mol. The van der Waals surface area contributed by atoms with Gasteiger partial charge in [0.2, 0.25) is 0 Å². The van der Waals surface area contributed by atoms with E-state index in [1.54, 1.807) is 0 Å². The first-order chi connectivity index (χ1) is 7.24. The third-order valence-corrected chi connectivity index (χ3v) is 3.28. The second-order valence-electron chi connectivity index (χ2n) is 4.94. The smallest absolute Gasteiger partial charge is 0.0791 e. The minimum absolute atomic E-state index is 0.200. The molecule has 0 radical (unpaired) electrons. The molecular formula is C11H23N3O. The van der Waals surface area contributed by atoms with Gasteiger partial charge in [-0.15, -0.1) is 0 Å². The van der Waals surface area contributed by atoms with Crippen LogP contribution in [0.4, 0.5) is 0 Å². The van der Waals surface area contributed by atoms with E-state index in [-0.39, 0.29) is 6.10 Å². The predicted octanol–water partition coefficient (Wildman–Crippen LogP) is -0.653. The number of likely N-dealkylation sites (N-methyl/N-ethyl adjacent to an activating group) is 1. The Morgan fingerprint density at radius 3 is 2.53 bits per heavy atom. The highest BCUT2D eigenvalue weighted by Gasteiger charge is 2.22. The number of aliphatic hydroxyl groups excluding tert-OH is 1. The summed E-state index contributed by atoms with van der Waals surface area (Å²) in [6, 6.07) is 0.701. The van der Waals surface area contributed by atoms with E-state index in [1.165, 1.54) is 12.8 Å². The Morgan fingerprint density at radius 2 is 1.93 bits per heavy atom. The van der Waals surface area contributed by atoms with E-state index in [4.69, 9.17) is 0 Å². The Bertz CT molecular complexity index is 188. The zero-order chi connectivity index (χ0) is 10.7. The molecule has 0 spiro atoms. The van der Waals surface area contributed by atoms with Crippen LogP contribution in [-0.2, 0) is 0 Å². The van der Waals surface area contributed by atoms with E-state index >= 15 is 0 Å². The molecule has 1 saturated carbocycles. The molecule has 88 valence electrons. The molecule has 0 aromatic heterocycles. The Labute approximate surface area is 92.2 Å². The van der Waals surface area contributed by atoms with Gasteiger partial charge in [-0.25, -0.2) is 0 Å². The molecular weight excluding hydrogens is 190 g/mol.